The Kier molecular flexibility index (Phi) is 11.6. The summed E-state index contributed by atoms with van der Waals surface area (Å²) in [5.74, 6) is 1.50. The van der Waals surface area contributed by atoms with Crippen LogP contribution in [0, 0.1) is 0 Å². The summed E-state index contributed by atoms with van der Waals surface area (Å²) in [6, 6.07) is 18.2. The van der Waals surface area contributed by atoms with Gasteiger partial charge in [-0.15, -0.1) is 24.0 Å². The summed E-state index contributed by atoms with van der Waals surface area (Å²) in [4.78, 5) is 4.54. The lowest BCUT2D eigenvalue weighted by Gasteiger charge is -2.18. The Hall–Kier alpha value is -1.80. The molecule has 28 heavy (non-hydrogen) atoms. The number of aryl methyl sites for hydroxylation is 1. The van der Waals surface area contributed by atoms with E-state index in [0.717, 1.165) is 36.7 Å². The van der Waals surface area contributed by atoms with Crippen LogP contribution in [0.15, 0.2) is 59.6 Å². The zero-order valence-electron chi connectivity index (χ0n) is 16.9. The van der Waals surface area contributed by atoms with Crippen molar-refractivity contribution in [2.75, 3.05) is 20.2 Å². The molecule has 5 nitrogen and oxygen atoms in total. The maximum Gasteiger partial charge on any atom is 0.191 e. The van der Waals surface area contributed by atoms with Crippen molar-refractivity contribution in [1.29, 1.82) is 0 Å². The SMILES string of the molecule is CCNC(=NCC(O)c1ccc(OC)cc1)NC(C)CCc1ccccc1.I. The van der Waals surface area contributed by atoms with Crippen LogP contribution in [0.2, 0.25) is 0 Å². The molecule has 0 amide bonds. The first kappa shape index (κ1) is 24.2. The molecule has 0 radical (unpaired) electrons. The minimum atomic E-state index is -0.647. The molecule has 0 spiro atoms. The molecule has 2 atom stereocenters. The van der Waals surface area contributed by atoms with Crippen LogP contribution in [0.1, 0.15) is 37.5 Å². The predicted molar refractivity (Wildman–Crippen MR) is 127 cm³/mol. The maximum absolute atomic E-state index is 10.4. The molecule has 154 valence electrons. The molecule has 3 N–H and O–H groups in total. The lowest BCUT2D eigenvalue weighted by molar-refractivity contribution is 0.187. The smallest absolute Gasteiger partial charge is 0.191 e. The molecule has 0 aliphatic heterocycles. The highest BCUT2D eigenvalue weighted by Crippen LogP contribution is 2.17. The van der Waals surface area contributed by atoms with Gasteiger partial charge in [-0.2, -0.15) is 0 Å². The van der Waals surface area contributed by atoms with Crippen LogP contribution in [0.25, 0.3) is 0 Å². The molecule has 0 heterocycles. The molecule has 2 unspecified atom stereocenters. The minimum Gasteiger partial charge on any atom is -0.497 e. The number of ether oxygens (including phenoxy) is 1. The molecule has 2 aromatic carbocycles. The summed E-state index contributed by atoms with van der Waals surface area (Å²) in [7, 11) is 1.63. The monoisotopic (exact) mass is 497 g/mol. The van der Waals surface area contributed by atoms with Crippen molar-refractivity contribution in [2.24, 2.45) is 4.99 Å². The second-order valence-electron chi connectivity index (χ2n) is 6.58. The Bertz CT molecular complexity index is 693. The van der Waals surface area contributed by atoms with E-state index in [0.29, 0.717) is 6.54 Å². The summed E-state index contributed by atoms with van der Waals surface area (Å²) in [5, 5.41) is 17.0. The second-order valence-corrected chi connectivity index (χ2v) is 6.58. The van der Waals surface area contributed by atoms with Gasteiger partial charge in [-0.3, -0.25) is 4.99 Å². The van der Waals surface area contributed by atoms with E-state index >= 15 is 0 Å². The number of hydrogen-bond donors (Lipinski definition) is 3. The number of methoxy groups -OCH3 is 1. The Morgan fingerprint density at radius 1 is 1.11 bits per heavy atom. The van der Waals surface area contributed by atoms with Crippen molar-refractivity contribution < 1.29 is 9.84 Å². The molecular formula is C22H32IN3O2. The number of aliphatic hydroxyl groups excluding tert-OH is 1. The van der Waals surface area contributed by atoms with Gasteiger partial charge >= 0.3 is 0 Å². The number of benzene rings is 2. The molecule has 0 bridgehead atoms. The lowest BCUT2D eigenvalue weighted by Crippen LogP contribution is -2.42. The molecule has 0 aliphatic rings. The summed E-state index contributed by atoms with van der Waals surface area (Å²) in [6.45, 7) is 5.25. The fraction of sp³-hybridized carbons (Fsp3) is 0.409. The largest absolute Gasteiger partial charge is 0.497 e. The van der Waals surface area contributed by atoms with E-state index in [-0.39, 0.29) is 30.0 Å². The molecular weight excluding hydrogens is 465 g/mol. The standard InChI is InChI=1S/C22H31N3O2.HI/c1-4-23-22(25-17(2)10-11-18-8-6-5-7-9-18)24-16-21(26)19-12-14-20(27-3)15-13-19;/h5-9,12-15,17,21,26H,4,10-11,16H2,1-3H3,(H2,23,24,25);1H. The van der Waals surface area contributed by atoms with Crippen LogP contribution in [-0.4, -0.2) is 37.3 Å². The molecule has 0 saturated carbocycles. The van der Waals surface area contributed by atoms with Crippen molar-refractivity contribution in [1.82, 2.24) is 10.6 Å². The number of hydrogen-bond acceptors (Lipinski definition) is 3. The van der Waals surface area contributed by atoms with Gasteiger partial charge in [0, 0.05) is 12.6 Å². The van der Waals surface area contributed by atoms with E-state index in [1.54, 1.807) is 7.11 Å². The highest BCUT2D eigenvalue weighted by molar-refractivity contribution is 14.0. The zero-order valence-corrected chi connectivity index (χ0v) is 19.2. The van der Waals surface area contributed by atoms with Gasteiger partial charge in [0.25, 0.3) is 0 Å². The fourth-order valence-electron chi connectivity index (χ4n) is 2.76. The van der Waals surface area contributed by atoms with Gasteiger partial charge in [0.2, 0.25) is 0 Å². The summed E-state index contributed by atoms with van der Waals surface area (Å²) >= 11 is 0. The number of nitrogens with one attached hydrogen (secondary N) is 2. The maximum atomic E-state index is 10.4. The van der Waals surface area contributed by atoms with E-state index in [1.165, 1.54) is 5.56 Å². The van der Waals surface area contributed by atoms with Crippen LogP contribution in [0.3, 0.4) is 0 Å². The quantitative estimate of drug-likeness (QED) is 0.279. The van der Waals surface area contributed by atoms with Gasteiger partial charge in [0.1, 0.15) is 5.75 Å². The number of guanidine groups is 1. The van der Waals surface area contributed by atoms with Crippen molar-refractivity contribution in [3.63, 3.8) is 0 Å². The van der Waals surface area contributed by atoms with Gasteiger partial charge in [-0.25, -0.2) is 0 Å². The Morgan fingerprint density at radius 2 is 1.79 bits per heavy atom. The van der Waals surface area contributed by atoms with Crippen LogP contribution in [0.4, 0.5) is 0 Å². The molecule has 2 rings (SSSR count). The number of aliphatic hydroxyl groups is 1. The van der Waals surface area contributed by atoms with Crippen LogP contribution in [-0.2, 0) is 6.42 Å². The minimum absolute atomic E-state index is 0. The van der Waals surface area contributed by atoms with Crippen molar-refractivity contribution in [3.8, 4) is 5.75 Å². The van der Waals surface area contributed by atoms with E-state index in [2.05, 4.69) is 46.8 Å². The van der Waals surface area contributed by atoms with E-state index < -0.39 is 6.10 Å². The Labute approximate surface area is 185 Å². The van der Waals surface area contributed by atoms with Crippen molar-refractivity contribution in [3.05, 3.63) is 65.7 Å². The first-order valence-electron chi connectivity index (χ1n) is 9.53. The fourth-order valence-corrected chi connectivity index (χ4v) is 2.76. The third-order valence-corrected chi connectivity index (χ3v) is 4.36. The molecule has 2 aromatic rings. The topological polar surface area (TPSA) is 65.9 Å². The number of rotatable bonds is 9. The molecule has 0 fully saturated rings. The molecule has 0 aliphatic carbocycles. The average molecular weight is 497 g/mol. The van der Waals surface area contributed by atoms with Crippen LogP contribution in [0.5, 0.6) is 5.75 Å². The number of aliphatic imine (C=N–C) groups is 1. The van der Waals surface area contributed by atoms with E-state index in [1.807, 2.05) is 37.3 Å². The lowest BCUT2D eigenvalue weighted by atomic mass is 10.1. The first-order valence-corrected chi connectivity index (χ1v) is 9.53. The highest BCUT2D eigenvalue weighted by Gasteiger charge is 2.09. The van der Waals surface area contributed by atoms with E-state index in [9.17, 15) is 5.11 Å². The normalized spacial score (nSPS) is 13.2. The summed E-state index contributed by atoms with van der Waals surface area (Å²) in [5.41, 5.74) is 2.16. The second kappa shape index (κ2) is 13.4. The zero-order chi connectivity index (χ0) is 19.5. The van der Waals surface area contributed by atoms with Crippen LogP contribution < -0.4 is 15.4 Å². The Morgan fingerprint density at radius 3 is 2.39 bits per heavy atom. The molecule has 6 heteroatoms. The number of halogens is 1. The number of nitrogens with zero attached hydrogens (tertiary/aromatic N) is 1. The van der Waals surface area contributed by atoms with Crippen LogP contribution >= 0.6 is 24.0 Å². The third-order valence-electron chi connectivity index (χ3n) is 4.36. The third kappa shape index (κ3) is 8.48. The van der Waals surface area contributed by atoms with Crippen molar-refractivity contribution in [2.45, 2.75) is 38.8 Å². The van der Waals surface area contributed by atoms with Crippen molar-refractivity contribution >= 4 is 29.9 Å². The summed E-state index contributed by atoms with van der Waals surface area (Å²) in [6.07, 6.45) is 1.38. The summed E-state index contributed by atoms with van der Waals surface area (Å²) < 4.78 is 5.15. The molecule has 0 aromatic heterocycles. The van der Waals surface area contributed by atoms with Gasteiger partial charge in [-0.05, 0) is 49.9 Å². The van der Waals surface area contributed by atoms with Gasteiger partial charge in [-0.1, -0.05) is 42.5 Å². The first-order chi connectivity index (χ1) is 13.1. The Balaban J connectivity index is 0.00000392. The predicted octanol–water partition coefficient (Wildman–Crippen LogP) is 3.92. The van der Waals surface area contributed by atoms with Gasteiger partial charge in [0.15, 0.2) is 5.96 Å². The molecule has 0 saturated heterocycles. The highest BCUT2D eigenvalue weighted by atomic mass is 127. The van der Waals surface area contributed by atoms with E-state index in [4.69, 9.17) is 4.74 Å². The van der Waals surface area contributed by atoms with Gasteiger partial charge < -0.3 is 20.5 Å². The average Bonchev–Trinajstić information content (AvgIpc) is 2.71. The van der Waals surface area contributed by atoms with Gasteiger partial charge in [0.05, 0.1) is 19.8 Å².